The number of aryl methyl sites for hydroxylation is 1. The van der Waals surface area contributed by atoms with Crippen molar-refractivity contribution < 1.29 is 0 Å². The van der Waals surface area contributed by atoms with Crippen molar-refractivity contribution in [2.24, 2.45) is 5.92 Å². The summed E-state index contributed by atoms with van der Waals surface area (Å²) in [5.74, 6) is 1.63. The van der Waals surface area contributed by atoms with Gasteiger partial charge in [-0.1, -0.05) is 0 Å². The zero-order chi connectivity index (χ0) is 9.42. The fourth-order valence-corrected chi connectivity index (χ4v) is 1.40. The van der Waals surface area contributed by atoms with Gasteiger partial charge in [-0.2, -0.15) is 0 Å². The van der Waals surface area contributed by atoms with E-state index in [4.69, 9.17) is 0 Å². The average Bonchev–Trinajstić information content (AvgIpc) is 2.84. The van der Waals surface area contributed by atoms with Gasteiger partial charge in [-0.3, -0.25) is 4.79 Å². The molecule has 1 N–H and O–H groups in total. The zero-order valence-electron chi connectivity index (χ0n) is 8.05. The van der Waals surface area contributed by atoms with E-state index in [1.54, 1.807) is 0 Å². The lowest BCUT2D eigenvalue weighted by molar-refractivity contribution is 0.753. The molecule has 1 aliphatic rings. The minimum atomic E-state index is 0.0168. The highest BCUT2D eigenvalue weighted by molar-refractivity contribution is 5.14. The van der Waals surface area contributed by atoms with Gasteiger partial charge < -0.3 is 4.98 Å². The van der Waals surface area contributed by atoms with Gasteiger partial charge in [0.25, 0.3) is 5.56 Å². The molecule has 0 saturated heterocycles. The quantitative estimate of drug-likeness (QED) is 0.742. The topological polar surface area (TPSA) is 45.8 Å². The largest absolute Gasteiger partial charge is 0.310 e. The summed E-state index contributed by atoms with van der Waals surface area (Å²) in [4.78, 5) is 18.5. The summed E-state index contributed by atoms with van der Waals surface area (Å²) in [6.07, 6.45) is 3.52. The van der Waals surface area contributed by atoms with Gasteiger partial charge in [-0.05, 0) is 32.6 Å². The van der Waals surface area contributed by atoms with E-state index in [1.165, 1.54) is 12.8 Å². The van der Waals surface area contributed by atoms with Crippen LogP contribution in [0.25, 0.3) is 0 Å². The second-order valence-corrected chi connectivity index (χ2v) is 3.87. The first-order chi connectivity index (χ1) is 6.16. The van der Waals surface area contributed by atoms with E-state index in [0.29, 0.717) is 0 Å². The lowest BCUT2D eigenvalue weighted by Gasteiger charge is -2.02. The molecular formula is C10H14N2O. The highest BCUT2D eigenvalue weighted by atomic mass is 16.1. The van der Waals surface area contributed by atoms with Crippen molar-refractivity contribution in [1.82, 2.24) is 9.97 Å². The second kappa shape index (κ2) is 2.98. The van der Waals surface area contributed by atoms with Crippen LogP contribution < -0.4 is 5.56 Å². The Morgan fingerprint density at radius 3 is 2.69 bits per heavy atom. The molecule has 0 unspecified atom stereocenters. The van der Waals surface area contributed by atoms with Crippen LogP contribution in [0.3, 0.4) is 0 Å². The minimum Gasteiger partial charge on any atom is -0.310 e. The molecule has 0 bridgehead atoms. The number of nitrogens with zero attached hydrogens (tertiary/aromatic N) is 1. The Balaban J connectivity index is 2.31. The molecule has 3 heteroatoms. The van der Waals surface area contributed by atoms with Gasteiger partial charge in [-0.25, -0.2) is 4.98 Å². The molecule has 70 valence electrons. The maximum absolute atomic E-state index is 11.4. The van der Waals surface area contributed by atoms with Crippen molar-refractivity contribution in [3.63, 3.8) is 0 Å². The number of hydrogen-bond donors (Lipinski definition) is 1. The number of aromatic nitrogens is 2. The number of H-pyrrole nitrogens is 1. The van der Waals surface area contributed by atoms with E-state index in [2.05, 4.69) is 9.97 Å². The summed E-state index contributed by atoms with van der Waals surface area (Å²) in [6.45, 7) is 3.70. The summed E-state index contributed by atoms with van der Waals surface area (Å²) in [5.41, 5.74) is 1.61. The minimum absolute atomic E-state index is 0.0168. The first kappa shape index (κ1) is 8.48. The summed E-state index contributed by atoms with van der Waals surface area (Å²) >= 11 is 0. The number of rotatable bonds is 2. The standard InChI is InChI=1S/C10H14N2O/c1-6-7(2)11-9(12-10(6)13)5-8-3-4-8/h8H,3-5H2,1-2H3,(H,11,12,13). The Bertz CT molecular complexity index is 377. The Labute approximate surface area is 77.2 Å². The van der Waals surface area contributed by atoms with Crippen LogP contribution in [-0.4, -0.2) is 9.97 Å². The lowest BCUT2D eigenvalue weighted by Crippen LogP contribution is -2.16. The maximum atomic E-state index is 11.4. The van der Waals surface area contributed by atoms with Gasteiger partial charge in [0.1, 0.15) is 5.82 Å². The molecule has 0 aliphatic heterocycles. The summed E-state index contributed by atoms with van der Waals surface area (Å²) in [7, 11) is 0. The zero-order valence-corrected chi connectivity index (χ0v) is 8.05. The third-order valence-electron chi connectivity index (χ3n) is 2.62. The van der Waals surface area contributed by atoms with Crippen LogP contribution in [-0.2, 0) is 6.42 Å². The van der Waals surface area contributed by atoms with Gasteiger partial charge in [0.05, 0.1) is 0 Å². The predicted molar refractivity (Wildman–Crippen MR) is 50.8 cm³/mol. The Morgan fingerprint density at radius 2 is 2.15 bits per heavy atom. The Hall–Kier alpha value is -1.12. The first-order valence-corrected chi connectivity index (χ1v) is 4.73. The summed E-state index contributed by atoms with van der Waals surface area (Å²) < 4.78 is 0. The molecule has 3 nitrogen and oxygen atoms in total. The van der Waals surface area contributed by atoms with Crippen LogP contribution in [0.4, 0.5) is 0 Å². The highest BCUT2D eigenvalue weighted by Gasteiger charge is 2.22. The molecular weight excluding hydrogens is 164 g/mol. The monoisotopic (exact) mass is 178 g/mol. The Morgan fingerprint density at radius 1 is 1.46 bits per heavy atom. The van der Waals surface area contributed by atoms with Crippen molar-refractivity contribution in [2.75, 3.05) is 0 Å². The molecule has 2 rings (SSSR count). The number of aromatic amines is 1. The van der Waals surface area contributed by atoms with E-state index < -0.39 is 0 Å². The second-order valence-electron chi connectivity index (χ2n) is 3.87. The van der Waals surface area contributed by atoms with Gasteiger partial charge in [-0.15, -0.1) is 0 Å². The van der Waals surface area contributed by atoms with E-state index >= 15 is 0 Å². The van der Waals surface area contributed by atoms with Crippen molar-refractivity contribution in [3.8, 4) is 0 Å². The number of hydrogen-bond acceptors (Lipinski definition) is 2. The molecule has 13 heavy (non-hydrogen) atoms. The summed E-state index contributed by atoms with van der Waals surface area (Å²) in [6, 6.07) is 0. The molecule has 1 heterocycles. The van der Waals surface area contributed by atoms with E-state index in [-0.39, 0.29) is 5.56 Å². The van der Waals surface area contributed by atoms with Crippen molar-refractivity contribution in [3.05, 3.63) is 27.4 Å². The fraction of sp³-hybridized carbons (Fsp3) is 0.600. The molecule has 0 amide bonds. The maximum Gasteiger partial charge on any atom is 0.254 e. The third kappa shape index (κ3) is 1.79. The highest BCUT2D eigenvalue weighted by Crippen LogP contribution is 2.31. The first-order valence-electron chi connectivity index (χ1n) is 4.73. The van der Waals surface area contributed by atoms with Crippen LogP contribution >= 0.6 is 0 Å². The molecule has 0 aromatic carbocycles. The van der Waals surface area contributed by atoms with Gasteiger partial charge >= 0.3 is 0 Å². The van der Waals surface area contributed by atoms with Gasteiger partial charge in [0, 0.05) is 17.7 Å². The van der Waals surface area contributed by atoms with E-state index in [0.717, 1.165) is 29.4 Å². The van der Waals surface area contributed by atoms with Crippen molar-refractivity contribution >= 4 is 0 Å². The van der Waals surface area contributed by atoms with Crippen LogP contribution in [0.2, 0.25) is 0 Å². The van der Waals surface area contributed by atoms with E-state index in [1.807, 2.05) is 13.8 Å². The van der Waals surface area contributed by atoms with Crippen molar-refractivity contribution in [1.29, 1.82) is 0 Å². The molecule has 0 atom stereocenters. The van der Waals surface area contributed by atoms with Gasteiger partial charge in [0.2, 0.25) is 0 Å². The molecule has 1 aromatic heterocycles. The molecule has 1 aromatic rings. The molecule has 1 aliphatic carbocycles. The van der Waals surface area contributed by atoms with E-state index in [9.17, 15) is 4.79 Å². The SMILES string of the molecule is Cc1nc(CC2CC2)[nH]c(=O)c1C. The molecule has 0 radical (unpaired) electrons. The van der Waals surface area contributed by atoms with Crippen LogP contribution in [0.15, 0.2) is 4.79 Å². The fourth-order valence-electron chi connectivity index (χ4n) is 1.40. The molecule has 1 fully saturated rings. The van der Waals surface area contributed by atoms with Crippen LogP contribution in [0, 0.1) is 19.8 Å². The molecule has 0 spiro atoms. The molecule has 1 saturated carbocycles. The normalized spacial score (nSPS) is 16.2. The average molecular weight is 178 g/mol. The summed E-state index contributed by atoms with van der Waals surface area (Å²) in [5, 5.41) is 0. The van der Waals surface area contributed by atoms with Gasteiger partial charge in [0.15, 0.2) is 0 Å². The lowest BCUT2D eigenvalue weighted by atomic mass is 10.2. The smallest absolute Gasteiger partial charge is 0.254 e. The third-order valence-corrected chi connectivity index (χ3v) is 2.62. The predicted octanol–water partition coefficient (Wildman–Crippen LogP) is 1.34. The Kier molecular flexibility index (Phi) is 1.94. The van der Waals surface area contributed by atoms with Crippen LogP contribution in [0.1, 0.15) is 29.9 Å². The number of nitrogens with one attached hydrogen (secondary N) is 1. The van der Waals surface area contributed by atoms with Crippen LogP contribution in [0.5, 0.6) is 0 Å². The van der Waals surface area contributed by atoms with Crippen molar-refractivity contribution in [2.45, 2.75) is 33.1 Å².